The highest BCUT2D eigenvalue weighted by molar-refractivity contribution is 9.09. The van der Waals surface area contributed by atoms with Crippen LogP contribution in [0.15, 0.2) is 24.3 Å². The fourth-order valence-corrected chi connectivity index (χ4v) is 7.14. The number of alkyl halides is 1. The van der Waals surface area contributed by atoms with E-state index in [9.17, 15) is 19.5 Å². The van der Waals surface area contributed by atoms with E-state index < -0.39 is 41.5 Å². The third-order valence-electron chi connectivity index (χ3n) is 7.31. The molecule has 192 valence electrons. The van der Waals surface area contributed by atoms with Crippen LogP contribution in [0.2, 0.25) is 5.02 Å². The summed E-state index contributed by atoms with van der Waals surface area (Å²) in [6, 6.07) is 5.29. The Morgan fingerprint density at radius 3 is 2.66 bits per heavy atom. The van der Waals surface area contributed by atoms with Gasteiger partial charge in [-0.05, 0) is 37.3 Å². The Balaban J connectivity index is 1.76. The number of amides is 3. The Morgan fingerprint density at radius 2 is 2.03 bits per heavy atom. The van der Waals surface area contributed by atoms with Crippen LogP contribution in [0.4, 0.5) is 5.69 Å². The lowest BCUT2D eigenvalue weighted by Crippen LogP contribution is -2.57. The normalized spacial score (nSPS) is 32.1. The molecular formula is C25H33BrClN3O5. The SMILES string of the molecule is CCCNC(=O)[C@H]1[C@@H]2OC3(CC2Br)C(C(=O)Nc2ccccc2Cl)N([C@@H](CO)CC(C)C)C(=O)[C@H]13. The van der Waals surface area contributed by atoms with E-state index in [1.807, 2.05) is 20.8 Å². The number of hydrogen-bond acceptors (Lipinski definition) is 5. The molecule has 3 unspecified atom stereocenters. The number of carbonyl (C=O) groups excluding carboxylic acids is 3. The number of nitrogens with one attached hydrogen (secondary N) is 2. The number of hydrogen-bond donors (Lipinski definition) is 3. The molecule has 0 aromatic heterocycles. The van der Waals surface area contributed by atoms with Gasteiger partial charge in [-0.1, -0.05) is 60.4 Å². The minimum Gasteiger partial charge on any atom is -0.394 e. The fraction of sp³-hybridized carbons (Fsp3) is 0.640. The largest absolute Gasteiger partial charge is 0.394 e. The average molecular weight is 571 g/mol. The Labute approximate surface area is 219 Å². The maximum absolute atomic E-state index is 14.0. The van der Waals surface area contributed by atoms with Crippen LogP contribution in [0.1, 0.15) is 40.0 Å². The van der Waals surface area contributed by atoms with E-state index in [0.29, 0.717) is 30.1 Å². The first-order valence-electron chi connectivity index (χ1n) is 12.2. The number of likely N-dealkylation sites (tertiary alicyclic amines) is 1. The molecule has 0 aliphatic carbocycles. The molecule has 1 spiro atoms. The number of halogens is 2. The predicted molar refractivity (Wildman–Crippen MR) is 136 cm³/mol. The summed E-state index contributed by atoms with van der Waals surface area (Å²) in [4.78, 5) is 42.4. The van der Waals surface area contributed by atoms with Gasteiger partial charge in [0.2, 0.25) is 17.7 Å². The molecule has 7 atom stereocenters. The van der Waals surface area contributed by atoms with Crippen molar-refractivity contribution in [2.24, 2.45) is 17.8 Å². The van der Waals surface area contributed by atoms with Crippen LogP contribution in [-0.2, 0) is 19.1 Å². The Morgan fingerprint density at radius 1 is 1.31 bits per heavy atom. The molecule has 4 rings (SSSR count). The van der Waals surface area contributed by atoms with Gasteiger partial charge in [-0.2, -0.15) is 0 Å². The lowest BCUT2D eigenvalue weighted by molar-refractivity contribution is -0.144. The van der Waals surface area contributed by atoms with E-state index >= 15 is 0 Å². The second kappa shape index (κ2) is 10.4. The van der Waals surface area contributed by atoms with Crippen LogP contribution in [0.3, 0.4) is 0 Å². The van der Waals surface area contributed by atoms with E-state index in [2.05, 4.69) is 26.6 Å². The van der Waals surface area contributed by atoms with E-state index in [4.69, 9.17) is 16.3 Å². The Bertz CT molecular complexity index is 994. The van der Waals surface area contributed by atoms with Gasteiger partial charge in [0.1, 0.15) is 11.6 Å². The lowest BCUT2D eigenvalue weighted by Gasteiger charge is -2.37. The highest BCUT2D eigenvalue weighted by Crippen LogP contribution is 2.60. The van der Waals surface area contributed by atoms with Crippen molar-refractivity contribution in [3.05, 3.63) is 29.3 Å². The number of para-hydroxylation sites is 1. The number of ether oxygens (including phenoxy) is 1. The maximum atomic E-state index is 14.0. The summed E-state index contributed by atoms with van der Waals surface area (Å²) in [5.41, 5.74) is -0.754. The van der Waals surface area contributed by atoms with Crippen LogP contribution in [-0.4, -0.2) is 69.5 Å². The molecule has 2 bridgehead atoms. The average Bonchev–Trinajstić information content (AvgIpc) is 3.40. The third kappa shape index (κ3) is 4.49. The molecule has 3 aliphatic heterocycles. The van der Waals surface area contributed by atoms with Gasteiger partial charge in [0.15, 0.2) is 0 Å². The molecule has 3 saturated heterocycles. The van der Waals surface area contributed by atoms with Crippen LogP contribution >= 0.6 is 27.5 Å². The third-order valence-corrected chi connectivity index (χ3v) is 8.48. The second-order valence-corrected chi connectivity index (χ2v) is 11.7. The minimum atomic E-state index is -1.18. The quantitative estimate of drug-likeness (QED) is 0.396. The summed E-state index contributed by atoms with van der Waals surface area (Å²) in [5.74, 6) is -2.34. The maximum Gasteiger partial charge on any atom is 0.250 e. The van der Waals surface area contributed by atoms with Gasteiger partial charge in [0, 0.05) is 11.4 Å². The van der Waals surface area contributed by atoms with Crippen molar-refractivity contribution in [3.63, 3.8) is 0 Å². The summed E-state index contributed by atoms with van der Waals surface area (Å²) < 4.78 is 6.47. The molecule has 0 radical (unpaired) electrons. The van der Waals surface area contributed by atoms with Gasteiger partial charge in [0.25, 0.3) is 0 Å². The van der Waals surface area contributed by atoms with E-state index in [1.54, 1.807) is 24.3 Å². The van der Waals surface area contributed by atoms with Crippen molar-refractivity contribution in [2.75, 3.05) is 18.5 Å². The Kier molecular flexibility index (Phi) is 7.81. The first-order valence-corrected chi connectivity index (χ1v) is 13.5. The highest BCUT2D eigenvalue weighted by atomic mass is 79.9. The first kappa shape index (κ1) is 26.4. The van der Waals surface area contributed by atoms with Gasteiger partial charge in [-0.3, -0.25) is 14.4 Å². The number of aliphatic hydroxyl groups is 1. The van der Waals surface area contributed by atoms with E-state index in [0.717, 1.165) is 6.42 Å². The van der Waals surface area contributed by atoms with Crippen molar-refractivity contribution in [1.29, 1.82) is 0 Å². The molecule has 0 saturated carbocycles. The van der Waals surface area contributed by atoms with Gasteiger partial charge >= 0.3 is 0 Å². The van der Waals surface area contributed by atoms with Crippen molar-refractivity contribution >= 4 is 50.9 Å². The van der Waals surface area contributed by atoms with Gasteiger partial charge in [-0.15, -0.1) is 0 Å². The number of rotatable bonds is 9. The molecule has 1 aromatic rings. The van der Waals surface area contributed by atoms with Crippen molar-refractivity contribution in [1.82, 2.24) is 10.2 Å². The number of anilines is 1. The summed E-state index contributed by atoms with van der Waals surface area (Å²) in [5, 5.41) is 16.4. The van der Waals surface area contributed by atoms with Gasteiger partial charge in [0.05, 0.1) is 41.3 Å². The molecule has 3 amide bonds. The summed E-state index contributed by atoms with van der Waals surface area (Å²) in [6.07, 6.45) is 1.16. The smallest absolute Gasteiger partial charge is 0.250 e. The monoisotopic (exact) mass is 569 g/mol. The minimum absolute atomic E-state index is 0.176. The summed E-state index contributed by atoms with van der Waals surface area (Å²) >= 11 is 9.95. The zero-order chi connectivity index (χ0) is 25.5. The summed E-state index contributed by atoms with van der Waals surface area (Å²) in [6.45, 7) is 6.16. The molecule has 3 aliphatic rings. The van der Waals surface area contributed by atoms with E-state index in [-0.39, 0.29) is 29.2 Å². The van der Waals surface area contributed by atoms with Crippen LogP contribution in [0.25, 0.3) is 0 Å². The topological polar surface area (TPSA) is 108 Å². The van der Waals surface area contributed by atoms with Crippen molar-refractivity contribution < 1.29 is 24.2 Å². The van der Waals surface area contributed by atoms with Gasteiger partial charge < -0.3 is 25.4 Å². The highest BCUT2D eigenvalue weighted by Gasteiger charge is 2.77. The first-order chi connectivity index (χ1) is 16.7. The van der Waals surface area contributed by atoms with Crippen LogP contribution < -0.4 is 10.6 Å². The zero-order valence-corrected chi connectivity index (χ0v) is 22.5. The summed E-state index contributed by atoms with van der Waals surface area (Å²) in [7, 11) is 0. The lowest BCUT2D eigenvalue weighted by atomic mass is 9.70. The molecule has 1 aromatic carbocycles. The number of aliphatic hydroxyl groups excluding tert-OH is 1. The molecule has 3 heterocycles. The standard InChI is InChI=1S/C25H33BrClN3O5/c1-4-9-28-22(32)18-19-24(34)30(14(12-31)10-13(2)3)21(25(19)11-15(26)20(18)35-25)23(33)29-17-8-6-5-7-16(17)27/h5-8,13-15,18-21,31H,4,9-12H2,1-3H3,(H,28,32)(H,29,33)/t14-,15?,18-,19+,20-,21?,25?/m1/s1. The van der Waals surface area contributed by atoms with Gasteiger partial charge in [-0.25, -0.2) is 0 Å². The number of carbonyl (C=O) groups is 3. The molecule has 10 heteroatoms. The van der Waals surface area contributed by atoms with Crippen molar-refractivity contribution in [3.8, 4) is 0 Å². The zero-order valence-electron chi connectivity index (χ0n) is 20.2. The Hall–Kier alpha value is -1.68. The number of nitrogens with zero attached hydrogens (tertiary/aromatic N) is 1. The predicted octanol–water partition coefficient (Wildman–Crippen LogP) is 2.96. The molecular weight excluding hydrogens is 538 g/mol. The molecule has 3 N–H and O–H groups in total. The second-order valence-electron chi connectivity index (χ2n) is 10.1. The van der Waals surface area contributed by atoms with Crippen LogP contribution in [0.5, 0.6) is 0 Å². The van der Waals surface area contributed by atoms with Crippen molar-refractivity contribution in [2.45, 2.75) is 68.6 Å². The van der Waals surface area contributed by atoms with E-state index in [1.165, 1.54) is 4.90 Å². The molecule has 8 nitrogen and oxygen atoms in total. The fourth-order valence-electron chi connectivity index (χ4n) is 6.01. The molecule has 35 heavy (non-hydrogen) atoms. The molecule has 3 fully saturated rings. The number of fused-ring (bicyclic) bond motifs is 1. The van der Waals surface area contributed by atoms with Crippen LogP contribution in [0, 0.1) is 17.8 Å². The number of benzene rings is 1.